The first-order valence-corrected chi connectivity index (χ1v) is 5.01. The summed E-state index contributed by atoms with van der Waals surface area (Å²) in [5, 5.41) is 15.0. The maximum Gasteiger partial charge on any atom is 0.422 e. The number of pyridine rings is 1. The molecule has 0 atom stereocenters. The second-order valence-electron chi connectivity index (χ2n) is 3.39. The number of hydrogen-bond acceptors (Lipinski definition) is 5. The molecule has 2 N–H and O–H groups in total. The highest BCUT2D eigenvalue weighted by Crippen LogP contribution is 2.33. The van der Waals surface area contributed by atoms with Crippen LogP contribution in [0.15, 0.2) is 24.5 Å². The van der Waals surface area contributed by atoms with Gasteiger partial charge >= 0.3 is 6.18 Å². The van der Waals surface area contributed by atoms with Crippen molar-refractivity contribution in [3.05, 3.63) is 24.5 Å². The van der Waals surface area contributed by atoms with Crippen LogP contribution in [0.4, 0.5) is 13.2 Å². The highest BCUT2D eigenvalue weighted by atomic mass is 19.4. The molecule has 2 rings (SSSR count). The van der Waals surface area contributed by atoms with Crippen molar-refractivity contribution in [1.82, 2.24) is 15.2 Å². The molecular weight excluding hydrogens is 267 g/mol. The molecule has 102 valence electrons. The van der Waals surface area contributed by atoms with Crippen LogP contribution in [0.1, 0.15) is 0 Å². The van der Waals surface area contributed by atoms with E-state index in [2.05, 4.69) is 19.9 Å². The van der Waals surface area contributed by atoms with Crippen molar-refractivity contribution >= 4 is 0 Å². The standard InChI is InChI=1S/C10H8F3N3O3/c11-10(12,13)5-18-6-2-1-3-14-9(6)19-7-4-15-16-8(7)17/h1-4H,5H2,(H2,15,16,17). The lowest BCUT2D eigenvalue weighted by Gasteiger charge is -2.11. The molecule has 0 aliphatic heterocycles. The maximum absolute atomic E-state index is 12.1. The molecule has 0 aliphatic carbocycles. The van der Waals surface area contributed by atoms with Gasteiger partial charge in [-0.25, -0.2) is 4.98 Å². The Morgan fingerprint density at radius 2 is 2.11 bits per heavy atom. The summed E-state index contributed by atoms with van der Waals surface area (Å²) in [4.78, 5) is 3.73. The SMILES string of the molecule is Oc1n[nH]cc1Oc1ncccc1OCC(F)(F)F. The van der Waals surface area contributed by atoms with Gasteiger partial charge in [0.2, 0.25) is 5.75 Å². The van der Waals surface area contributed by atoms with Crippen LogP contribution in [0, 0.1) is 0 Å². The number of ether oxygens (including phenoxy) is 2. The van der Waals surface area contributed by atoms with E-state index in [1.165, 1.54) is 24.5 Å². The van der Waals surface area contributed by atoms with Gasteiger partial charge in [0.25, 0.3) is 11.8 Å². The molecule has 2 aromatic rings. The molecule has 0 amide bonds. The Labute approximate surface area is 104 Å². The summed E-state index contributed by atoms with van der Waals surface area (Å²) >= 11 is 0. The molecule has 0 radical (unpaired) electrons. The van der Waals surface area contributed by atoms with Gasteiger partial charge in [-0.15, -0.1) is 5.10 Å². The third-order valence-corrected chi connectivity index (χ3v) is 1.92. The van der Waals surface area contributed by atoms with E-state index in [9.17, 15) is 18.3 Å². The highest BCUT2D eigenvalue weighted by molar-refractivity contribution is 5.39. The fourth-order valence-corrected chi connectivity index (χ4v) is 1.17. The van der Waals surface area contributed by atoms with Crippen LogP contribution in [-0.4, -0.2) is 33.1 Å². The van der Waals surface area contributed by atoms with Gasteiger partial charge in [-0.1, -0.05) is 0 Å². The Morgan fingerprint density at radius 1 is 1.32 bits per heavy atom. The van der Waals surface area contributed by atoms with E-state index in [0.717, 1.165) is 0 Å². The van der Waals surface area contributed by atoms with Gasteiger partial charge in [0.15, 0.2) is 12.4 Å². The fraction of sp³-hybridized carbons (Fsp3) is 0.200. The van der Waals surface area contributed by atoms with Gasteiger partial charge in [0.05, 0.1) is 6.20 Å². The van der Waals surface area contributed by atoms with Gasteiger partial charge in [-0.3, -0.25) is 5.10 Å². The lowest BCUT2D eigenvalue weighted by molar-refractivity contribution is -0.153. The number of aromatic amines is 1. The second-order valence-corrected chi connectivity index (χ2v) is 3.39. The number of halogens is 3. The van der Waals surface area contributed by atoms with Gasteiger partial charge < -0.3 is 14.6 Å². The largest absolute Gasteiger partial charge is 0.490 e. The number of alkyl halides is 3. The van der Waals surface area contributed by atoms with E-state index < -0.39 is 18.7 Å². The number of nitrogens with zero attached hydrogens (tertiary/aromatic N) is 2. The molecule has 0 spiro atoms. The summed E-state index contributed by atoms with van der Waals surface area (Å²) in [5.41, 5.74) is 0. The molecule has 0 saturated heterocycles. The number of rotatable bonds is 4. The smallest absolute Gasteiger partial charge is 0.422 e. The van der Waals surface area contributed by atoms with Crippen LogP contribution in [0.3, 0.4) is 0 Å². The van der Waals surface area contributed by atoms with Gasteiger partial charge in [-0.05, 0) is 12.1 Å². The van der Waals surface area contributed by atoms with E-state index in [4.69, 9.17) is 4.74 Å². The summed E-state index contributed by atoms with van der Waals surface area (Å²) in [6.45, 7) is -1.47. The monoisotopic (exact) mass is 275 g/mol. The average molecular weight is 275 g/mol. The van der Waals surface area contributed by atoms with E-state index in [1.54, 1.807) is 0 Å². The van der Waals surface area contributed by atoms with Gasteiger partial charge in [0.1, 0.15) is 0 Å². The van der Waals surface area contributed by atoms with Crippen LogP contribution in [0.25, 0.3) is 0 Å². The minimum Gasteiger partial charge on any atom is -0.490 e. The maximum atomic E-state index is 12.1. The Morgan fingerprint density at radius 3 is 2.74 bits per heavy atom. The number of H-pyrrole nitrogens is 1. The molecule has 2 heterocycles. The van der Waals surface area contributed by atoms with Gasteiger partial charge in [0, 0.05) is 6.20 Å². The summed E-state index contributed by atoms with van der Waals surface area (Å²) < 4.78 is 45.9. The molecule has 9 heteroatoms. The zero-order chi connectivity index (χ0) is 13.9. The Balaban J connectivity index is 2.15. The first kappa shape index (κ1) is 13.0. The fourth-order valence-electron chi connectivity index (χ4n) is 1.17. The zero-order valence-electron chi connectivity index (χ0n) is 9.31. The third-order valence-electron chi connectivity index (χ3n) is 1.92. The number of aromatic nitrogens is 3. The van der Waals surface area contributed by atoms with Crippen molar-refractivity contribution in [2.45, 2.75) is 6.18 Å². The first-order valence-electron chi connectivity index (χ1n) is 5.01. The molecule has 0 aliphatic rings. The van der Waals surface area contributed by atoms with Crippen LogP contribution in [-0.2, 0) is 0 Å². The van der Waals surface area contributed by atoms with Crippen molar-refractivity contribution in [1.29, 1.82) is 0 Å². The molecule has 6 nitrogen and oxygen atoms in total. The molecule has 0 aromatic carbocycles. The predicted octanol–water partition coefficient (Wildman–Crippen LogP) is 2.24. The van der Waals surface area contributed by atoms with E-state index in [1.807, 2.05) is 0 Å². The number of nitrogens with one attached hydrogen (secondary N) is 1. The quantitative estimate of drug-likeness (QED) is 0.894. The second kappa shape index (κ2) is 5.04. The van der Waals surface area contributed by atoms with Crippen molar-refractivity contribution in [3.63, 3.8) is 0 Å². The molecule has 0 fully saturated rings. The predicted molar refractivity (Wildman–Crippen MR) is 56.1 cm³/mol. The average Bonchev–Trinajstić information content (AvgIpc) is 2.73. The minimum atomic E-state index is -4.47. The van der Waals surface area contributed by atoms with Gasteiger partial charge in [-0.2, -0.15) is 13.2 Å². The lowest BCUT2D eigenvalue weighted by atomic mass is 10.4. The molecule has 2 aromatic heterocycles. The molecule has 0 saturated carbocycles. The number of aromatic hydroxyl groups is 1. The van der Waals surface area contributed by atoms with Crippen molar-refractivity contribution in [3.8, 4) is 23.3 Å². The van der Waals surface area contributed by atoms with Crippen LogP contribution >= 0.6 is 0 Å². The van der Waals surface area contributed by atoms with Crippen LogP contribution in [0.2, 0.25) is 0 Å². The van der Waals surface area contributed by atoms with E-state index in [0.29, 0.717) is 0 Å². The summed E-state index contributed by atoms with van der Waals surface area (Å²) in [6, 6.07) is 2.67. The Kier molecular flexibility index (Phi) is 3.45. The summed E-state index contributed by atoms with van der Waals surface area (Å²) in [5.74, 6) is -0.910. The number of hydrogen-bond donors (Lipinski definition) is 2. The molecular formula is C10H8F3N3O3. The Hall–Kier alpha value is -2.45. The Bertz CT molecular complexity index is 556. The minimum absolute atomic E-state index is 0.0736. The third kappa shape index (κ3) is 3.50. The lowest BCUT2D eigenvalue weighted by Crippen LogP contribution is -2.19. The first-order chi connectivity index (χ1) is 8.96. The summed E-state index contributed by atoms with van der Waals surface area (Å²) in [6.07, 6.45) is -1.94. The summed E-state index contributed by atoms with van der Waals surface area (Å²) in [7, 11) is 0. The van der Waals surface area contributed by atoms with Crippen molar-refractivity contribution in [2.75, 3.05) is 6.61 Å². The van der Waals surface area contributed by atoms with Crippen molar-refractivity contribution in [2.24, 2.45) is 0 Å². The normalized spacial score (nSPS) is 11.3. The van der Waals surface area contributed by atoms with E-state index in [-0.39, 0.29) is 17.4 Å². The zero-order valence-corrected chi connectivity index (χ0v) is 9.31. The topological polar surface area (TPSA) is 80.3 Å². The van der Waals surface area contributed by atoms with Crippen LogP contribution < -0.4 is 9.47 Å². The van der Waals surface area contributed by atoms with E-state index >= 15 is 0 Å². The van der Waals surface area contributed by atoms with Crippen molar-refractivity contribution < 1.29 is 27.8 Å². The highest BCUT2D eigenvalue weighted by Gasteiger charge is 2.29. The molecule has 19 heavy (non-hydrogen) atoms. The van der Waals surface area contributed by atoms with Crippen LogP contribution in [0.5, 0.6) is 23.3 Å². The molecule has 0 bridgehead atoms. The molecule has 0 unspecified atom stereocenters.